The monoisotopic (exact) mass is 484 g/mol. The van der Waals surface area contributed by atoms with Gasteiger partial charge in [-0.25, -0.2) is 18.1 Å². The predicted octanol–water partition coefficient (Wildman–Crippen LogP) is 3.20. The summed E-state index contributed by atoms with van der Waals surface area (Å²) in [6.45, 7) is 7.54. The van der Waals surface area contributed by atoms with Gasteiger partial charge in [0, 0.05) is 50.2 Å². The number of nitrogens with one attached hydrogen (secondary N) is 1. The van der Waals surface area contributed by atoms with Crippen molar-refractivity contribution in [2.24, 2.45) is 0 Å². The number of benzene rings is 2. The van der Waals surface area contributed by atoms with E-state index in [0.29, 0.717) is 18.7 Å². The third-order valence-corrected chi connectivity index (χ3v) is 7.99. The van der Waals surface area contributed by atoms with Gasteiger partial charge in [-0.2, -0.15) is 0 Å². The van der Waals surface area contributed by atoms with Crippen molar-refractivity contribution in [3.05, 3.63) is 81.3 Å². The van der Waals surface area contributed by atoms with E-state index in [1.807, 2.05) is 44.2 Å². The van der Waals surface area contributed by atoms with Crippen LogP contribution in [0.5, 0.6) is 0 Å². The molecule has 0 aliphatic carbocycles. The first-order valence-electron chi connectivity index (χ1n) is 10.9. The van der Waals surface area contributed by atoms with Gasteiger partial charge in [-0.3, -0.25) is 9.69 Å². The number of piperazine rings is 1. The van der Waals surface area contributed by atoms with Crippen LogP contribution in [0.1, 0.15) is 32.2 Å². The highest BCUT2D eigenvalue weighted by Crippen LogP contribution is 2.19. The normalized spacial score (nSPS) is 15.0. The number of hydrogen-bond acceptors (Lipinski definition) is 6. The molecule has 0 atom stereocenters. The van der Waals surface area contributed by atoms with E-state index in [0.717, 1.165) is 41.5 Å². The smallest absolute Gasteiger partial charge is 0.254 e. The van der Waals surface area contributed by atoms with Crippen molar-refractivity contribution in [1.82, 2.24) is 19.5 Å². The van der Waals surface area contributed by atoms with Crippen molar-refractivity contribution in [3.8, 4) is 0 Å². The van der Waals surface area contributed by atoms with Crippen LogP contribution in [-0.2, 0) is 23.1 Å². The highest BCUT2D eigenvalue weighted by molar-refractivity contribution is 7.89. The number of amides is 1. The molecule has 0 radical (unpaired) electrons. The maximum absolute atomic E-state index is 13.2. The van der Waals surface area contributed by atoms with Gasteiger partial charge in [-0.15, -0.1) is 11.3 Å². The number of carbonyl (C=O) groups excluding carboxylic acids is 1. The fraction of sp³-hybridized carbons (Fsp3) is 0.333. The van der Waals surface area contributed by atoms with Gasteiger partial charge >= 0.3 is 0 Å². The lowest BCUT2D eigenvalue weighted by atomic mass is 10.1. The summed E-state index contributed by atoms with van der Waals surface area (Å²) >= 11 is 1.65. The molecule has 3 aromatic rings. The Balaban J connectivity index is 1.41. The van der Waals surface area contributed by atoms with Gasteiger partial charge in [-0.05, 0) is 37.1 Å². The van der Waals surface area contributed by atoms with Gasteiger partial charge < -0.3 is 4.90 Å². The molecule has 174 valence electrons. The molecule has 2 heterocycles. The zero-order valence-corrected chi connectivity index (χ0v) is 20.5. The Kier molecular flexibility index (Phi) is 7.23. The summed E-state index contributed by atoms with van der Waals surface area (Å²) in [5.41, 5.74) is 3.13. The van der Waals surface area contributed by atoms with Crippen molar-refractivity contribution < 1.29 is 13.2 Å². The topological polar surface area (TPSA) is 82.6 Å². The molecule has 0 saturated carbocycles. The van der Waals surface area contributed by atoms with Gasteiger partial charge in [0.1, 0.15) is 0 Å². The van der Waals surface area contributed by atoms with Crippen LogP contribution >= 0.6 is 11.3 Å². The molecular formula is C24H28N4O3S2. The largest absolute Gasteiger partial charge is 0.336 e. The summed E-state index contributed by atoms with van der Waals surface area (Å²) in [5.74, 6) is -0.128. The fourth-order valence-electron chi connectivity index (χ4n) is 3.85. The number of rotatable bonds is 7. The standard InChI is InChI=1S/C24H28N4O3S2/c1-18-8-9-22(33(30,31)25-15-20-6-4-3-5-7-20)14-23(18)24(29)28-12-10-27(11-13-28)16-21-17-32-19(2)26-21/h3-9,14,17,25H,10-13,15-16H2,1-2H3. The van der Waals surface area contributed by atoms with Crippen molar-refractivity contribution >= 4 is 27.3 Å². The lowest BCUT2D eigenvalue weighted by Gasteiger charge is -2.34. The molecule has 1 N–H and O–H groups in total. The molecule has 1 saturated heterocycles. The molecule has 1 aliphatic heterocycles. The molecule has 1 fully saturated rings. The number of carbonyl (C=O) groups is 1. The van der Waals surface area contributed by atoms with Crippen molar-refractivity contribution in [2.75, 3.05) is 26.2 Å². The third kappa shape index (κ3) is 5.86. The third-order valence-electron chi connectivity index (χ3n) is 5.77. The van der Waals surface area contributed by atoms with Gasteiger partial charge in [0.05, 0.1) is 15.6 Å². The molecule has 9 heteroatoms. The van der Waals surface area contributed by atoms with Crippen molar-refractivity contribution in [1.29, 1.82) is 0 Å². The van der Waals surface area contributed by atoms with E-state index in [1.54, 1.807) is 28.4 Å². The van der Waals surface area contributed by atoms with Gasteiger partial charge in [-0.1, -0.05) is 36.4 Å². The maximum atomic E-state index is 13.2. The molecule has 4 rings (SSSR count). The van der Waals surface area contributed by atoms with Crippen LogP contribution in [0, 0.1) is 13.8 Å². The molecule has 33 heavy (non-hydrogen) atoms. The fourth-order valence-corrected chi connectivity index (χ4v) is 5.49. The second kappa shape index (κ2) is 10.1. The van der Waals surface area contributed by atoms with Crippen molar-refractivity contribution in [3.63, 3.8) is 0 Å². The first-order valence-corrected chi connectivity index (χ1v) is 13.2. The lowest BCUT2D eigenvalue weighted by molar-refractivity contribution is 0.0626. The van der Waals surface area contributed by atoms with Crippen LogP contribution in [0.15, 0.2) is 58.8 Å². The van der Waals surface area contributed by atoms with Crippen LogP contribution in [0.4, 0.5) is 0 Å². The second-order valence-electron chi connectivity index (χ2n) is 8.21. The minimum atomic E-state index is -3.74. The van der Waals surface area contributed by atoms with Crippen LogP contribution < -0.4 is 4.72 Å². The summed E-state index contributed by atoms with van der Waals surface area (Å²) in [4.78, 5) is 21.9. The molecule has 7 nitrogen and oxygen atoms in total. The first-order chi connectivity index (χ1) is 15.8. The molecule has 1 aliphatic rings. The second-order valence-corrected chi connectivity index (χ2v) is 11.0. The number of nitrogens with zero attached hydrogens (tertiary/aromatic N) is 3. The summed E-state index contributed by atoms with van der Waals surface area (Å²) in [7, 11) is -3.74. The molecule has 0 unspecified atom stereocenters. The van der Waals surface area contributed by atoms with Gasteiger partial charge in [0.2, 0.25) is 10.0 Å². The molecular weight excluding hydrogens is 456 g/mol. The summed E-state index contributed by atoms with van der Waals surface area (Å²) in [5, 5.41) is 3.14. The van der Waals surface area contributed by atoms with E-state index in [1.165, 1.54) is 6.07 Å². The zero-order valence-electron chi connectivity index (χ0n) is 18.8. The van der Waals surface area contributed by atoms with Gasteiger partial charge in [0.15, 0.2) is 0 Å². The van der Waals surface area contributed by atoms with E-state index in [-0.39, 0.29) is 17.3 Å². The quantitative estimate of drug-likeness (QED) is 0.557. The van der Waals surface area contributed by atoms with E-state index >= 15 is 0 Å². The van der Waals surface area contributed by atoms with Gasteiger partial charge in [0.25, 0.3) is 5.91 Å². The Hall–Kier alpha value is -2.59. The van der Waals surface area contributed by atoms with E-state index in [9.17, 15) is 13.2 Å². The van der Waals surface area contributed by atoms with E-state index in [2.05, 4.69) is 20.0 Å². The average molecular weight is 485 g/mol. The Morgan fingerprint density at radius 2 is 1.79 bits per heavy atom. The van der Waals surface area contributed by atoms with Crippen LogP contribution in [0.2, 0.25) is 0 Å². The number of thiazole rings is 1. The number of aryl methyl sites for hydroxylation is 2. The number of hydrogen-bond donors (Lipinski definition) is 1. The minimum absolute atomic E-state index is 0.102. The molecule has 0 spiro atoms. The molecule has 1 aromatic heterocycles. The lowest BCUT2D eigenvalue weighted by Crippen LogP contribution is -2.48. The van der Waals surface area contributed by atoms with Crippen molar-refractivity contribution in [2.45, 2.75) is 31.8 Å². The Labute approximate surface area is 199 Å². The van der Waals surface area contributed by atoms with Crippen LogP contribution in [0.3, 0.4) is 0 Å². The molecule has 1 amide bonds. The minimum Gasteiger partial charge on any atom is -0.336 e. The highest BCUT2D eigenvalue weighted by atomic mass is 32.2. The van der Waals surface area contributed by atoms with E-state index in [4.69, 9.17) is 0 Å². The maximum Gasteiger partial charge on any atom is 0.254 e. The Bertz CT molecular complexity index is 1220. The molecule has 2 aromatic carbocycles. The Morgan fingerprint density at radius 1 is 1.06 bits per heavy atom. The zero-order chi connectivity index (χ0) is 23.4. The summed E-state index contributed by atoms with van der Waals surface area (Å²) in [6, 6.07) is 14.1. The summed E-state index contributed by atoms with van der Waals surface area (Å²) in [6.07, 6.45) is 0. The highest BCUT2D eigenvalue weighted by Gasteiger charge is 2.25. The Morgan fingerprint density at radius 3 is 2.45 bits per heavy atom. The van der Waals surface area contributed by atoms with Crippen LogP contribution in [0.25, 0.3) is 0 Å². The van der Waals surface area contributed by atoms with Crippen LogP contribution in [-0.4, -0.2) is 55.3 Å². The number of aromatic nitrogens is 1. The van der Waals surface area contributed by atoms with E-state index < -0.39 is 10.0 Å². The summed E-state index contributed by atoms with van der Waals surface area (Å²) < 4.78 is 28.3. The first kappa shape index (κ1) is 23.6. The SMILES string of the molecule is Cc1nc(CN2CCN(C(=O)c3cc(S(=O)(=O)NCc4ccccc4)ccc3C)CC2)cs1. The molecule has 0 bridgehead atoms. The predicted molar refractivity (Wildman–Crippen MR) is 130 cm³/mol. The average Bonchev–Trinajstić information content (AvgIpc) is 3.23. The number of sulfonamides is 1.